The van der Waals surface area contributed by atoms with Crippen LogP contribution in [0.3, 0.4) is 0 Å². The zero-order valence-electron chi connectivity index (χ0n) is 39.5. The van der Waals surface area contributed by atoms with E-state index in [0.29, 0.717) is 0 Å². The molecule has 2 nitrogen and oxygen atoms in total. The Labute approximate surface area is 396 Å². The molecule has 0 saturated carbocycles. The fourth-order valence-electron chi connectivity index (χ4n) is 13.3. The molecule has 2 aliphatic carbocycles. The number of anilines is 5. The summed E-state index contributed by atoms with van der Waals surface area (Å²) in [6, 6.07) is 71.5. The van der Waals surface area contributed by atoms with E-state index in [-0.39, 0.29) is 16.2 Å². The van der Waals surface area contributed by atoms with Crippen molar-refractivity contribution in [2.45, 2.75) is 76.0 Å². The van der Waals surface area contributed by atoms with Crippen LogP contribution in [0.5, 0.6) is 0 Å². The molecule has 0 radical (unpaired) electrons. The van der Waals surface area contributed by atoms with Gasteiger partial charge in [0.2, 0.25) is 0 Å². The standard InChI is InChI=1S/C64H55BN2/c1-61(2)36-37-62(3,4)51-39-43(32-34-48(51)61)66-53-35-33-46-45-26-15-16-27-47(45)63(5,6)58(46)57(53)56-44-25-14-13-20-40(44)38-55-59(56)65-52-30-19-29-50-60(52)67(55)54-31-18-17-28-49(54)64(50,41-21-9-7-10-22-41)42-23-11-8-12-24-42/h7-35,38-39,65-66H,36-37H2,1-6H3. The van der Waals surface area contributed by atoms with Gasteiger partial charge in [0.15, 0.2) is 7.28 Å². The summed E-state index contributed by atoms with van der Waals surface area (Å²) in [6.07, 6.45) is 2.37. The maximum atomic E-state index is 4.17. The zero-order valence-corrected chi connectivity index (χ0v) is 39.5. The average molecular weight is 863 g/mol. The highest BCUT2D eigenvalue weighted by Gasteiger charge is 2.49. The Balaban J connectivity index is 1.11. The molecule has 1 N–H and O–H groups in total. The summed E-state index contributed by atoms with van der Waals surface area (Å²) < 4.78 is 0. The van der Waals surface area contributed by atoms with Crippen molar-refractivity contribution in [3.05, 3.63) is 233 Å². The topological polar surface area (TPSA) is 15.3 Å². The van der Waals surface area contributed by atoms with E-state index in [1.54, 1.807) is 0 Å². The Morgan fingerprint density at radius 3 is 1.88 bits per heavy atom. The van der Waals surface area contributed by atoms with Crippen molar-refractivity contribution in [3.63, 3.8) is 0 Å². The Bertz CT molecular complexity index is 3470. The van der Waals surface area contributed by atoms with Crippen molar-refractivity contribution >= 4 is 57.4 Å². The quantitative estimate of drug-likeness (QED) is 0.173. The Morgan fingerprint density at radius 2 is 1.12 bits per heavy atom. The molecule has 67 heavy (non-hydrogen) atoms. The fourth-order valence-corrected chi connectivity index (χ4v) is 13.3. The number of hydrogen-bond acceptors (Lipinski definition) is 2. The third kappa shape index (κ3) is 5.58. The van der Waals surface area contributed by atoms with Crippen LogP contribution in [0.15, 0.2) is 188 Å². The lowest BCUT2D eigenvalue weighted by Gasteiger charge is -2.49. The molecule has 0 saturated heterocycles. The van der Waals surface area contributed by atoms with E-state index in [0.717, 1.165) is 18.7 Å². The van der Waals surface area contributed by atoms with E-state index in [9.17, 15) is 0 Å². The minimum absolute atomic E-state index is 0.0945. The molecule has 4 aliphatic rings. The van der Waals surface area contributed by atoms with Crippen LogP contribution >= 0.6 is 0 Å². The lowest BCUT2D eigenvalue weighted by Crippen LogP contribution is -2.47. The van der Waals surface area contributed by atoms with Crippen LogP contribution in [0.2, 0.25) is 0 Å². The highest BCUT2D eigenvalue weighted by atomic mass is 15.2. The van der Waals surface area contributed by atoms with Crippen LogP contribution in [-0.4, -0.2) is 7.28 Å². The largest absolute Gasteiger partial charge is 0.355 e. The van der Waals surface area contributed by atoms with Gasteiger partial charge in [0, 0.05) is 33.7 Å². The van der Waals surface area contributed by atoms with Gasteiger partial charge in [-0.2, -0.15) is 0 Å². The van der Waals surface area contributed by atoms with Crippen LogP contribution in [0, 0.1) is 0 Å². The summed E-state index contributed by atoms with van der Waals surface area (Å²) >= 11 is 0. The maximum absolute atomic E-state index is 4.17. The summed E-state index contributed by atoms with van der Waals surface area (Å²) in [4.78, 5) is 2.64. The van der Waals surface area contributed by atoms with Crippen LogP contribution in [0.4, 0.5) is 28.4 Å². The van der Waals surface area contributed by atoms with Gasteiger partial charge in [-0.15, -0.1) is 0 Å². The van der Waals surface area contributed by atoms with Gasteiger partial charge in [0.25, 0.3) is 0 Å². The van der Waals surface area contributed by atoms with Crippen molar-refractivity contribution in [1.82, 2.24) is 0 Å². The van der Waals surface area contributed by atoms with E-state index in [4.69, 9.17) is 0 Å². The first-order valence-electron chi connectivity index (χ1n) is 24.4. The van der Waals surface area contributed by atoms with Gasteiger partial charge in [-0.05, 0) is 131 Å². The number of benzene rings is 9. The van der Waals surface area contributed by atoms with Crippen molar-refractivity contribution < 1.29 is 0 Å². The number of nitrogens with zero attached hydrogens (tertiary/aromatic N) is 1. The second-order valence-corrected chi connectivity index (χ2v) is 21.5. The summed E-state index contributed by atoms with van der Waals surface area (Å²) in [7, 11) is 0.801. The van der Waals surface area contributed by atoms with Crippen LogP contribution in [-0.2, 0) is 21.7 Å². The third-order valence-electron chi connectivity index (χ3n) is 16.6. The third-order valence-corrected chi connectivity index (χ3v) is 16.6. The van der Waals surface area contributed by atoms with Crippen molar-refractivity contribution in [2.24, 2.45) is 0 Å². The molecule has 2 aliphatic heterocycles. The first kappa shape index (κ1) is 40.2. The molecule has 0 unspecified atom stereocenters. The van der Waals surface area contributed by atoms with Gasteiger partial charge in [-0.1, -0.05) is 205 Å². The first-order chi connectivity index (χ1) is 32.5. The molecule has 13 rings (SSSR count). The summed E-state index contributed by atoms with van der Waals surface area (Å²) in [6.45, 7) is 14.6. The molecular weight excluding hydrogens is 808 g/mol. The second-order valence-electron chi connectivity index (χ2n) is 21.5. The first-order valence-corrected chi connectivity index (χ1v) is 24.4. The average Bonchev–Trinajstić information content (AvgIpc) is 3.58. The molecule has 0 aromatic heterocycles. The SMILES string of the molecule is CC1(C)CCC(C)(C)c2cc(Nc3ccc4c(c3-c3c5c(cc6ccccc36)N3c6ccccc6C(c6ccccc6)(c6ccccc6)c6cccc(c63)B5)C(C)(C)c3ccccc3-4)ccc21. The van der Waals surface area contributed by atoms with E-state index < -0.39 is 5.41 Å². The van der Waals surface area contributed by atoms with E-state index in [1.807, 2.05) is 0 Å². The van der Waals surface area contributed by atoms with Gasteiger partial charge in [0.1, 0.15) is 0 Å². The van der Waals surface area contributed by atoms with E-state index in [2.05, 4.69) is 240 Å². The van der Waals surface area contributed by atoms with Crippen LogP contribution < -0.4 is 21.1 Å². The van der Waals surface area contributed by atoms with Gasteiger partial charge in [0.05, 0.1) is 11.1 Å². The molecule has 0 bridgehead atoms. The van der Waals surface area contributed by atoms with Crippen LogP contribution in [0.1, 0.15) is 98.9 Å². The van der Waals surface area contributed by atoms with Gasteiger partial charge < -0.3 is 10.2 Å². The normalized spacial score (nSPS) is 17.0. The van der Waals surface area contributed by atoms with Crippen molar-refractivity contribution in [1.29, 1.82) is 0 Å². The minimum Gasteiger partial charge on any atom is -0.355 e. The number of hydrogen-bond donors (Lipinski definition) is 1. The summed E-state index contributed by atoms with van der Waals surface area (Å²) in [5, 5.41) is 6.69. The molecule has 324 valence electrons. The molecular formula is C64H55BN2. The molecule has 0 amide bonds. The van der Waals surface area contributed by atoms with Gasteiger partial charge in [-0.25, -0.2) is 0 Å². The molecule has 3 heteroatoms. The molecule has 2 heterocycles. The highest BCUT2D eigenvalue weighted by Crippen LogP contribution is 2.60. The number of fused-ring (bicyclic) bond motifs is 9. The van der Waals surface area contributed by atoms with Crippen LogP contribution in [0.25, 0.3) is 33.0 Å². The highest BCUT2D eigenvalue weighted by molar-refractivity contribution is 6.74. The smallest absolute Gasteiger partial charge is 0.198 e. The Hall–Kier alpha value is -7.10. The Morgan fingerprint density at radius 1 is 0.478 bits per heavy atom. The zero-order chi connectivity index (χ0) is 45.5. The lowest BCUT2D eigenvalue weighted by atomic mass is 9.53. The molecule has 9 aromatic rings. The molecule has 0 atom stereocenters. The molecule has 9 aromatic carbocycles. The van der Waals surface area contributed by atoms with Gasteiger partial charge >= 0.3 is 0 Å². The van der Waals surface area contributed by atoms with Crippen molar-refractivity contribution in [3.8, 4) is 22.3 Å². The molecule has 0 spiro atoms. The summed E-state index contributed by atoms with van der Waals surface area (Å²) in [5.74, 6) is 0. The number of nitrogens with one attached hydrogen (secondary N) is 1. The van der Waals surface area contributed by atoms with Crippen molar-refractivity contribution in [2.75, 3.05) is 10.2 Å². The van der Waals surface area contributed by atoms with Gasteiger partial charge in [-0.3, -0.25) is 0 Å². The summed E-state index contributed by atoms with van der Waals surface area (Å²) in [5.41, 5.74) is 24.4. The number of para-hydroxylation sites is 2. The molecule has 0 fully saturated rings. The van der Waals surface area contributed by atoms with E-state index >= 15 is 0 Å². The second kappa shape index (κ2) is 14.2. The predicted molar refractivity (Wildman–Crippen MR) is 285 cm³/mol. The Kier molecular flexibility index (Phi) is 8.52. The van der Waals surface area contributed by atoms with E-state index in [1.165, 1.54) is 118 Å². The number of rotatable bonds is 5. The monoisotopic (exact) mass is 862 g/mol. The lowest BCUT2D eigenvalue weighted by molar-refractivity contribution is 0.332. The predicted octanol–water partition coefficient (Wildman–Crippen LogP) is 14.8. The maximum Gasteiger partial charge on any atom is 0.198 e. The minimum atomic E-state index is -0.524. The fraction of sp³-hybridized carbons (Fsp3) is 0.188.